The molecule has 0 bridgehead atoms. The van der Waals surface area contributed by atoms with Crippen LogP contribution < -0.4 is 14.7 Å². The molecule has 0 radical (unpaired) electrons. The van der Waals surface area contributed by atoms with E-state index in [9.17, 15) is 26.4 Å². The van der Waals surface area contributed by atoms with Gasteiger partial charge in [-0.3, -0.25) is 4.90 Å². The van der Waals surface area contributed by atoms with Gasteiger partial charge in [0.25, 0.3) is 0 Å². The Morgan fingerprint density at radius 3 is 2.29 bits per heavy atom. The Labute approximate surface area is 244 Å². The number of carbonyl (C=O) groups excluding carboxylic acids is 1. The molecular formula is C28H38F3N6O4S+. The van der Waals surface area contributed by atoms with E-state index >= 15 is 0 Å². The highest BCUT2D eigenvalue weighted by atomic mass is 32.2. The lowest BCUT2D eigenvalue weighted by Crippen LogP contribution is -2.69. The number of ether oxygens (including phenoxy) is 1. The molecule has 4 heterocycles. The standard InChI is InChI=1S/C28H38F3N6O4S/c1-27(2)26(38)37(3,4)24-18-32-25(17-23(24)36(27)21-9-15-41-16-10-21)33-20-5-7-22(8-6-20)42(39,40)35-13-11-34(12-14-35)19-28(29,30)31/h5-8,17-18,21H,9-16,19H2,1-4H3,(H,32,33)/q+1. The monoisotopic (exact) mass is 611 g/mol. The van der Waals surface area contributed by atoms with Gasteiger partial charge in [0.2, 0.25) is 10.0 Å². The molecule has 1 aromatic carbocycles. The summed E-state index contributed by atoms with van der Waals surface area (Å²) in [6, 6.07) is 8.30. The van der Waals surface area contributed by atoms with Crippen molar-refractivity contribution < 1.29 is 31.1 Å². The molecule has 1 N–H and O–H groups in total. The highest BCUT2D eigenvalue weighted by Gasteiger charge is 2.54. The number of alkyl halides is 3. The Bertz CT molecular complexity index is 1420. The zero-order valence-electron chi connectivity index (χ0n) is 24.3. The van der Waals surface area contributed by atoms with Crippen LogP contribution in [0.5, 0.6) is 0 Å². The van der Waals surface area contributed by atoms with E-state index in [1.165, 1.54) is 21.3 Å². The number of quaternary nitrogens is 1. The number of carbonyl (C=O) groups is 1. The topological polar surface area (TPSA) is 95.1 Å². The predicted molar refractivity (Wildman–Crippen MR) is 154 cm³/mol. The number of sulfonamides is 1. The van der Waals surface area contributed by atoms with Crippen LogP contribution in [0.25, 0.3) is 0 Å². The van der Waals surface area contributed by atoms with E-state index in [1.807, 2.05) is 34.0 Å². The Morgan fingerprint density at radius 1 is 1.07 bits per heavy atom. The van der Waals surface area contributed by atoms with Crippen LogP contribution in [0, 0.1) is 0 Å². The van der Waals surface area contributed by atoms with Gasteiger partial charge in [0.15, 0.2) is 11.2 Å². The number of aromatic nitrogens is 1. The number of nitrogens with one attached hydrogen (secondary N) is 1. The van der Waals surface area contributed by atoms with Gasteiger partial charge in [0.05, 0.1) is 31.7 Å². The molecule has 0 unspecified atom stereocenters. The summed E-state index contributed by atoms with van der Waals surface area (Å²) >= 11 is 0. The van der Waals surface area contributed by atoms with Crippen molar-refractivity contribution in [3.8, 4) is 0 Å². The summed E-state index contributed by atoms with van der Waals surface area (Å²) in [4.78, 5) is 21.7. The Morgan fingerprint density at radius 2 is 1.69 bits per heavy atom. The summed E-state index contributed by atoms with van der Waals surface area (Å²) in [6.07, 6.45) is -0.985. The molecule has 1 amide bonds. The largest absolute Gasteiger partial charge is 0.401 e. The SMILES string of the molecule is CC1(C)C(=O)[N+](C)(C)c2cnc(Nc3ccc(S(=O)(=O)N4CCN(CC(F)(F)F)CC4)cc3)cc2N1C1CCOCC1. The maximum atomic E-state index is 13.6. The second-order valence-corrected chi connectivity index (χ2v) is 14.0. The number of amides is 1. The molecule has 2 fully saturated rings. The van der Waals surface area contributed by atoms with Gasteiger partial charge in [0, 0.05) is 57.2 Å². The van der Waals surface area contributed by atoms with Gasteiger partial charge < -0.3 is 15.0 Å². The third-order valence-electron chi connectivity index (χ3n) is 8.41. The summed E-state index contributed by atoms with van der Waals surface area (Å²) in [5.41, 5.74) is 1.57. The third-order valence-corrected chi connectivity index (χ3v) is 10.3. The molecule has 3 aliphatic rings. The summed E-state index contributed by atoms with van der Waals surface area (Å²) in [5.74, 6) is 0.620. The molecule has 1 aromatic heterocycles. The van der Waals surface area contributed by atoms with Crippen LogP contribution in [0.15, 0.2) is 41.4 Å². The maximum absolute atomic E-state index is 13.6. The Kier molecular flexibility index (Phi) is 8.07. The van der Waals surface area contributed by atoms with Crippen LogP contribution in [-0.4, -0.2) is 106 Å². The molecule has 0 aliphatic carbocycles. The van der Waals surface area contributed by atoms with Crippen LogP contribution >= 0.6 is 0 Å². The Hall–Kier alpha value is -2.78. The van der Waals surface area contributed by atoms with E-state index in [2.05, 4.69) is 15.2 Å². The first-order valence-electron chi connectivity index (χ1n) is 14.0. The Balaban J connectivity index is 1.35. The van der Waals surface area contributed by atoms with Crippen LogP contribution in [0.4, 0.5) is 36.1 Å². The molecule has 0 spiro atoms. The van der Waals surface area contributed by atoms with Gasteiger partial charge in [-0.15, -0.1) is 0 Å². The van der Waals surface area contributed by atoms with Crippen molar-refractivity contribution in [2.24, 2.45) is 0 Å². The van der Waals surface area contributed by atoms with Crippen molar-refractivity contribution in [2.45, 2.75) is 49.3 Å². The van der Waals surface area contributed by atoms with Gasteiger partial charge in [-0.1, -0.05) is 0 Å². The van der Waals surface area contributed by atoms with Crippen LogP contribution in [0.1, 0.15) is 26.7 Å². The zero-order chi connectivity index (χ0) is 30.5. The number of benzene rings is 1. The first kappa shape index (κ1) is 30.7. The third kappa shape index (κ3) is 5.87. The summed E-state index contributed by atoms with van der Waals surface area (Å²) in [6.45, 7) is 4.16. The van der Waals surface area contributed by atoms with Gasteiger partial charge in [-0.05, 0) is 51.0 Å². The second-order valence-electron chi connectivity index (χ2n) is 12.0. The number of likely N-dealkylation sites (N-methyl/N-ethyl adjacent to an activating group) is 1. The lowest BCUT2D eigenvalue weighted by molar-refractivity contribution is -0.148. The molecule has 2 saturated heterocycles. The molecule has 230 valence electrons. The van der Waals surface area contributed by atoms with E-state index in [0.717, 1.165) is 24.2 Å². The molecule has 14 heteroatoms. The van der Waals surface area contributed by atoms with E-state index in [0.29, 0.717) is 24.7 Å². The maximum Gasteiger partial charge on any atom is 0.401 e. The van der Waals surface area contributed by atoms with Gasteiger partial charge in [0.1, 0.15) is 11.5 Å². The quantitative estimate of drug-likeness (QED) is 0.496. The predicted octanol–water partition coefficient (Wildman–Crippen LogP) is 3.56. The zero-order valence-corrected chi connectivity index (χ0v) is 25.1. The van der Waals surface area contributed by atoms with Gasteiger partial charge in [-0.25, -0.2) is 22.7 Å². The fourth-order valence-corrected chi connectivity index (χ4v) is 7.73. The number of halogens is 3. The van der Waals surface area contributed by atoms with Crippen molar-refractivity contribution >= 4 is 38.8 Å². The second kappa shape index (κ2) is 11.1. The number of hydrogen-bond acceptors (Lipinski definition) is 8. The van der Waals surface area contributed by atoms with Crippen LogP contribution in [-0.2, 0) is 19.6 Å². The fourth-order valence-electron chi connectivity index (χ4n) is 6.31. The number of anilines is 3. The normalized spacial score (nSPS) is 22.2. The first-order valence-corrected chi connectivity index (χ1v) is 15.5. The van der Waals surface area contributed by atoms with Crippen LogP contribution in [0.3, 0.4) is 0 Å². The van der Waals surface area contributed by atoms with Crippen molar-refractivity contribution in [3.63, 3.8) is 0 Å². The van der Waals surface area contributed by atoms with Crippen molar-refractivity contribution in [2.75, 3.05) is 70.2 Å². The lowest BCUT2D eigenvalue weighted by Gasteiger charge is -2.51. The van der Waals surface area contributed by atoms with Gasteiger partial charge >= 0.3 is 12.1 Å². The van der Waals surface area contributed by atoms with E-state index in [-0.39, 0.29) is 47.5 Å². The summed E-state index contributed by atoms with van der Waals surface area (Å²) in [5, 5.41) is 3.25. The number of piperazine rings is 1. The minimum atomic E-state index is -4.32. The molecule has 5 rings (SSSR count). The van der Waals surface area contributed by atoms with Crippen molar-refractivity contribution in [3.05, 3.63) is 36.5 Å². The molecule has 10 nitrogen and oxygen atoms in total. The first-order chi connectivity index (χ1) is 19.6. The molecule has 0 saturated carbocycles. The van der Waals surface area contributed by atoms with Crippen molar-refractivity contribution in [1.82, 2.24) is 18.7 Å². The molecular weight excluding hydrogens is 573 g/mol. The van der Waals surface area contributed by atoms with Crippen molar-refractivity contribution in [1.29, 1.82) is 0 Å². The highest BCUT2D eigenvalue weighted by molar-refractivity contribution is 7.89. The minimum Gasteiger partial charge on any atom is -0.381 e. The highest BCUT2D eigenvalue weighted by Crippen LogP contribution is 2.46. The number of pyridine rings is 1. The number of hydrogen-bond donors (Lipinski definition) is 1. The van der Waals surface area contributed by atoms with Gasteiger partial charge in [-0.2, -0.15) is 17.5 Å². The number of fused-ring (bicyclic) bond motifs is 1. The molecule has 3 aliphatic heterocycles. The van der Waals surface area contributed by atoms with E-state index in [4.69, 9.17) is 4.74 Å². The van der Waals surface area contributed by atoms with E-state index < -0.39 is 28.3 Å². The number of nitrogens with zero attached hydrogens (tertiary/aromatic N) is 5. The fraction of sp³-hybridized carbons (Fsp3) is 0.571. The molecule has 42 heavy (non-hydrogen) atoms. The summed E-state index contributed by atoms with van der Waals surface area (Å²) < 4.78 is 71.3. The minimum absolute atomic E-state index is 0.00517. The lowest BCUT2D eigenvalue weighted by atomic mass is 9.89. The molecule has 0 atom stereocenters. The average molecular weight is 612 g/mol. The average Bonchev–Trinajstić information content (AvgIpc) is 2.92. The van der Waals surface area contributed by atoms with E-state index in [1.54, 1.807) is 18.3 Å². The molecule has 2 aromatic rings. The van der Waals surface area contributed by atoms with Crippen LogP contribution in [0.2, 0.25) is 0 Å². The summed E-state index contributed by atoms with van der Waals surface area (Å²) in [7, 11) is -0.112. The number of rotatable bonds is 6. The smallest absolute Gasteiger partial charge is 0.381 e.